The van der Waals surface area contributed by atoms with Gasteiger partial charge in [0.05, 0.1) is 0 Å². The highest BCUT2D eigenvalue weighted by Crippen LogP contribution is 2.14. The predicted octanol–water partition coefficient (Wildman–Crippen LogP) is 1.88. The van der Waals surface area contributed by atoms with Crippen LogP contribution in [0.15, 0.2) is 23.2 Å². The molecule has 3 N–H and O–H groups in total. The third kappa shape index (κ3) is 2.72. The van der Waals surface area contributed by atoms with Gasteiger partial charge in [0, 0.05) is 17.1 Å². The van der Waals surface area contributed by atoms with Gasteiger partial charge in [-0.2, -0.15) is 0 Å². The highest BCUT2D eigenvalue weighted by Gasteiger charge is 2.02. The summed E-state index contributed by atoms with van der Waals surface area (Å²) in [7, 11) is 0. The number of nitrogens with two attached hydrogens (primary N) is 1. The molecule has 0 heterocycles. The first-order valence-electron chi connectivity index (χ1n) is 4.46. The summed E-state index contributed by atoms with van der Waals surface area (Å²) in [6, 6.07) is 5.72. The van der Waals surface area contributed by atoms with Gasteiger partial charge in [-0.1, -0.05) is 11.6 Å². The largest absolute Gasteiger partial charge is 0.308 e. The second kappa shape index (κ2) is 4.98. The zero-order valence-electron chi connectivity index (χ0n) is 8.34. The third-order valence-corrected chi connectivity index (χ3v) is 1.99. The minimum absolute atomic E-state index is 0.665. The van der Waals surface area contributed by atoms with Crippen LogP contribution in [0.3, 0.4) is 0 Å². The van der Waals surface area contributed by atoms with E-state index in [0.29, 0.717) is 17.4 Å². The Morgan fingerprint density at radius 3 is 2.71 bits per heavy atom. The summed E-state index contributed by atoms with van der Waals surface area (Å²) in [5, 5.41) is 0.694. The molecule has 0 unspecified atom stereocenters. The molecule has 0 aliphatic rings. The first kappa shape index (κ1) is 11.0. The van der Waals surface area contributed by atoms with Gasteiger partial charge in [0.1, 0.15) is 5.84 Å². The number of benzene rings is 1. The maximum absolute atomic E-state index is 5.93. The van der Waals surface area contributed by atoms with Gasteiger partial charge in [-0.05, 0) is 37.6 Å². The molecule has 4 heteroatoms. The summed E-state index contributed by atoms with van der Waals surface area (Å²) in [5.41, 5.74) is 4.57. The molecule has 0 aliphatic carbocycles. The number of halogens is 1. The summed E-state index contributed by atoms with van der Waals surface area (Å²) < 4.78 is 0. The van der Waals surface area contributed by atoms with Crippen LogP contribution >= 0.6 is 11.6 Å². The molecule has 76 valence electrons. The summed E-state index contributed by atoms with van der Waals surface area (Å²) in [6.45, 7) is 4.62. The molecule has 0 spiro atoms. The van der Waals surface area contributed by atoms with Crippen molar-refractivity contribution >= 4 is 17.4 Å². The Bertz CT molecular complexity index is 327. The molecular weight excluding hydrogens is 198 g/mol. The highest BCUT2D eigenvalue weighted by molar-refractivity contribution is 6.31. The SMILES string of the molecule is CCN=C(NN)c1cc(C)cc(Cl)c1. The lowest BCUT2D eigenvalue weighted by atomic mass is 10.1. The molecule has 0 saturated heterocycles. The zero-order valence-corrected chi connectivity index (χ0v) is 9.10. The minimum atomic E-state index is 0.665. The molecule has 14 heavy (non-hydrogen) atoms. The minimum Gasteiger partial charge on any atom is -0.308 e. The van der Waals surface area contributed by atoms with Crippen LogP contribution in [-0.4, -0.2) is 12.4 Å². The zero-order chi connectivity index (χ0) is 10.6. The van der Waals surface area contributed by atoms with Gasteiger partial charge >= 0.3 is 0 Å². The van der Waals surface area contributed by atoms with Gasteiger partial charge in [0.2, 0.25) is 0 Å². The first-order chi connectivity index (χ1) is 6.67. The molecule has 0 aromatic heterocycles. The fraction of sp³-hybridized carbons (Fsp3) is 0.300. The number of hydrogen-bond donors (Lipinski definition) is 2. The summed E-state index contributed by atoms with van der Waals surface area (Å²) in [6.07, 6.45) is 0. The van der Waals surface area contributed by atoms with Gasteiger partial charge in [-0.25, -0.2) is 5.84 Å². The lowest BCUT2D eigenvalue weighted by Crippen LogP contribution is -2.31. The molecule has 1 aromatic rings. The normalized spacial score (nSPS) is 11.6. The molecular formula is C10H14ClN3. The number of hydrazine groups is 1. The number of hydrogen-bond acceptors (Lipinski definition) is 2. The van der Waals surface area contributed by atoms with E-state index in [2.05, 4.69) is 10.4 Å². The Hall–Kier alpha value is -1.06. The third-order valence-electron chi connectivity index (χ3n) is 1.77. The van der Waals surface area contributed by atoms with E-state index in [0.717, 1.165) is 11.1 Å². The van der Waals surface area contributed by atoms with Crippen LogP contribution in [-0.2, 0) is 0 Å². The smallest absolute Gasteiger partial charge is 0.142 e. The van der Waals surface area contributed by atoms with Gasteiger partial charge in [-0.3, -0.25) is 4.99 Å². The first-order valence-corrected chi connectivity index (χ1v) is 4.83. The van der Waals surface area contributed by atoms with Crippen molar-refractivity contribution < 1.29 is 0 Å². The van der Waals surface area contributed by atoms with Crippen molar-refractivity contribution in [2.24, 2.45) is 10.8 Å². The van der Waals surface area contributed by atoms with Crippen molar-refractivity contribution in [2.45, 2.75) is 13.8 Å². The second-order valence-electron chi connectivity index (χ2n) is 2.98. The lowest BCUT2D eigenvalue weighted by molar-refractivity contribution is 0.991. The molecule has 0 radical (unpaired) electrons. The number of nitrogens with zero attached hydrogens (tertiary/aromatic N) is 1. The number of amidine groups is 1. The van der Waals surface area contributed by atoms with Crippen molar-refractivity contribution in [1.29, 1.82) is 0 Å². The maximum atomic E-state index is 5.93. The van der Waals surface area contributed by atoms with Crippen molar-refractivity contribution in [3.05, 3.63) is 34.3 Å². The van der Waals surface area contributed by atoms with Crippen molar-refractivity contribution in [1.82, 2.24) is 5.43 Å². The maximum Gasteiger partial charge on any atom is 0.142 e. The average molecular weight is 212 g/mol. The molecule has 0 bridgehead atoms. The fourth-order valence-electron chi connectivity index (χ4n) is 1.25. The van der Waals surface area contributed by atoms with Crippen LogP contribution in [0.2, 0.25) is 5.02 Å². The summed E-state index contributed by atoms with van der Waals surface area (Å²) in [5.74, 6) is 6.03. The highest BCUT2D eigenvalue weighted by atomic mass is 35.5. The van der Waals surface area contributed by atoms with Crippen LogP contribution in [0, 0.1) is 6.92 Å². The van der Waals surface area contributed by atoms with Crippen molar-refractivity contribution in [3.63, 3.8) is 0 Å². The van der Waals surface area contributed by atoms with Gasteiger partial charge in [-0.15, -0.1) is 0 Å². The Kier molecular flexibility index (Phi) is 3.92. The quantitative estimate of drug-likeness (QED) is 0.340. The van der Waals surface area contributed by atoms with E-state index >= 15 is 0 Å². The van der Waals surface area contributed by atoms with E-state index in [1.165, 1.54) is 0 Å². The van der Waals surface area contributed by atoms with Gasteiger partial charge in [0.25, 0.3) is 0 Å². The molecule has 0 saturated carbocycles. The monoisotopic (exact) mass is 211 g/mol. The number of aliphatic imine (C=N–C) groups is 1. The average Bonchev–Trinajstić information content (AvgIpc) is 2.12. The Balaban J connectivity index is 3.10. The Labute approximate surface area is 88.9 Å². The molecule has 0 atom stereocenters. The number of rotatable bonds is 2. The lowest BCUT2D eigenvalue weighted by Gasteiger charge is -2.06. The summed E-state index contributed by atoms with van der Waals surface area (Å²) >= 11 is 5.93. The van der Waals surface area contributed by atoms with E-state index in [4.69, 9.17) is 17.4 Å². The van der Waals surface area contributed by atoms with E-state index in [1.54, 1.807) is 0 Å². The Morgan fingerprint density at radius 2 is 2.21 bits per heavy atom. The fourth-order valence-corrected chi connectivity index (χ4v) is 1.54. The molecule has 1 aromatic carbocycles. The second-order valence-corrected chi connectivity index (χ2v) is 3.42. The van der Waals surface area contributed by atoms with Crippen LogP contribution in [0.25, 0.3) is 0 Å². The molecule has 0 amide bonds. The van der Waals surface area contributed by atoms with Crippen molar-refractivity contribution in [3.8, 4) is 0 Å². The number of nitrogens with one attached hydrogen (secondary N) is 1. The van der Waals surface area contributed by atoms with E-state index in [1.807, 2.05) is 32.0 Å². The van der Waals surface area contributed by atoms with Crippen LogP contribution in [0.5, 0.6) is 0 Å². The van der Waals surface area contributed by atoms with E-state index in [9.17, 15) is 0 Å². The van der Waals surface area contributed by atoms with Gasteiger partial charge in [0.15, 0.2) is 0 Å². The molecule has 0 aliphatic heterocycles. The topological polar surface area (TPSA) is 50.4 Å². The molecule has 1 rings (SSSR count). The predicted molar refractivity (Wildman–Crippen MR) is 60.6 cm³/mol. The summed E-state index contributed by atoms with van der Waals surface area (Å²) in [4.78, 5) is 4.22. The van der Waals surface area contributed by atoms with Crippen LogP contribution < -0.4 is 11.3 Å². The van der Waals surface area contributed by atoms with E-state index < -0.39 is 0 Å². The van der Waals surface area contributed by atoms with Gasteiger partial charge < -0.3 is 5.43 Å². The standard InChI is InChI=1S/C10H14ClN3/c1-3-13-10(14-12)8-4-7(2)5-9(11)6-8/h4-6H,3,12H2,1-2H3,(H,13,14). The number of aryl methyl sites for hydroxylation is 1. The van der Waals surface area contributed by atoms with Crippen LogP contribution in [0.4, 0.5) is 0 Å². The van der Waals surface area contributed by atoms with E-state index in [-0.39, 0.29) is 0 Å². The molecule has 3 nitrogen and oxygen atoms in total. The molecule has 0 fully saturated rings. The van der Waals surface area contributed by atoms with Crippen molar-refractivity contribution in [2.75, 3.05) is 6.54 Å². The van der Waals surface area contributed by atoms with Crippen LogP contribution in [0.1, 0.15) is 18.1 Å². The Morgan fingerprint density at radius 1 is 1.50 bits per heavy atom.